The van der Waals surface area contributed by atoms with Crippen LogP contribution < -0.4 is 0 Å². The molecule has 1 aliphatic rings. The second-order valence-electron chi connectivity index (χ2n) is 6.09. The summed E-state index contributed by atoms with van der Waals surface area (Å²) in [5.74, 6) is 0.0821. The second-order valence-corrected chi connectivity index (χ2v) is 8.00. The molecule has 1 fully saturated rings. The summed E-state index contributed by atoms with van der Waals surface area (Å²) in [6, 6.07) is 3.46. The van der Waals surface area contributed by atoms with Gasteiger partial charge in [-0.3, -0.25) is 4.79 Å². The Kier molecular flexibility index (Phi) is 4.60. The number of sulfonamides is 1. The third-order valence-electron chi connectivity index (χ3n) is 4.62. The molecule has 0 saturated carbocycles. The van der Waals surface area contributed by atoms with E-state index in [9.17, 15) is 13.2 Å². The molecule has 1 amide bonds. The summed E-state index contributed by atoms with van der Waals surface area (Å²) in [6.07, 6.45) is 3.90. The first-order valence-electron chi connectivity index (χ1n) is 8.16. The number of carbonyl (C=O) groups is 1. The van der Waals surface area contributed by atoms with Crippen molar-refractivity contribution in [3.8, 4) is 0 Å². The van der Waals surface area contributed by atoms with Crippen LogP contribution in [0.15, 0.2) is 29.4 Å². The van der Waals surface area contributed by atoms with Crippen molar-refractivity contribution in [2.75, 3.05) is 26.2 Å². The van der Waals surface area contributed by atoms with Crippen LogP contribution in [-0.4, -0.2) is 59.7 Å². The van der Waals surface area contributed by atoms with Gasteiger partial charge in [0.2, 0.25) is 15.9 Å². The number of pyridine rings is 1. The van der Waals surface area contributed by atoms with Gasteiger partial charge in [-0.25, -0.2) is 13.4 Å². The molecule has 0 spiro atoms. The molecule has 0 radical (unpaired) electrons. The van der Waals surface area contributed by atoms with Gasteiger partial charge < -0.3 is 9.88 Å². The van der Waals surface area contributed by atoms with Gasteiger partial charge in [-0.2, -0.15) is 4.31 Å². The first-order chi connectivity index (χ1) is 11.4. The standard InChI is InChI=1S/C16H22N4O3S/c1-3-12(2)16(21)19-7-9-20(10-8-19)24(22,23)14-11-18-15-13(14)5-4-6-17-15/h4-6,11-12H,3,7-10H2,1-2H3,(H,17,18)/t12-/m1/s1. The van der Waals surface area contributed by atoms with E-state index in [0.29, 0.717) is 37.2 Å². The van der Waals surface area contributed by atoms with Gasteiger partial charge in [-0.1, -0.05) is 13.8 Å². The molecule has 3 rings (SSSR count). The number of nitrogens with one attached hydrogen (secondary N) is 1. The highest BCUT2D eigenvalue weighted by atomic mass is 32.2. The normalized spacial score (nSPS) is 18.0. The molecule has 1 N–H and O–H groups in total. The summed E-state index contributed by atoms with van der Waals surface area (Å²) in [6.45, 7) is 5.39. The SMILES string of the molecule is CC[C@@H](C)C(=O)N1CCN(S(=O)(=O)c2c[nH]c3ncccc23)CC1. The monoisotopic (exact) mass is 350 g/mol. The lowest BCUT2D eigenvalue weighted by Gasteiger charge is -2.35. The smallest absolute Gasteiger partial charge is 0.245 e. The van der Waals surface area contributed by atoms with Crippen molar-refractivity contribution in [3.63, 3.8) is 0 Å². The topological polar surface area (TPSA) is 86.4 Å². The maximum Gasteiger partial charge on any atom is 0.245 e. The molecule has 0 aliphatic carbocycles. The number of aromatic nitrogens is 2. The zero-order valence-electron chi connectivity index (χ0n) is 13.9. The second kappa shape index (κ2) is 6.52. The van der Waals surface area contributed by atoms with E-state index < -0.39 is 10.0 Å². The fraction of sp³-hybridized carbons (Fsp3) is 0.500. The number of carbonyl (C=O) groups excluding carboxylic acids is 1. The largest absolute Gasteiger partial charge is 0.345 e. The maximum absolute atomic E-state index is 12.9. The van der Waals surface area contributed by atoms with Crippen LogP contribution in [0, 0.1) is 5.92 Å². The molecule has 2 aromatic heterocycles. The van der Waals surface area contributed by atoms with Crippen LogP contribution >= 0.6 is 0 Å². The molecule has 8 heteroatoms. The number of nitrogens with zero attached hydrogens (tertiary/aromatic N) is 3. The van der Waals surface area contributed by atoms with Gasteiger partial charge in [0.25, 0.3) is 0 Å². The average Bonchev–Trinajstić information content (AvgIpc) is 3.05. The lowest BCUT2D eigenvalue weighted by atomic mass is 10.1. The predicted octanol–water partition coefficient (Wildman–Crippen LogP) is 1.44. The molecule has 1 saturated heterocycles. The Morgan fingerprint density at radius 2 is 2.04 bits per heavy atom. The van der Waals surface area contributed by atoms with Crippen molar-refractivity contribution in [3.05, 3.63) is 24.5 Å². The fourth-order valence-corrected chi connectivity index (χ4v) is 4.49. The lowest BCUT2D eigenvalue weighted by Crippen LogP contribution is -2.51. The van der Waals surface area contributed by atoms with Crippen LogP contribution in [0.1, 0.15) is 20.3 Å². The predicted molar refractivity (Wildman–Crippen MR) is 90.9 cm³/mol. The molecule has 3 heterocycles. The summed E-state index contributed by atoms with van der Waals surface area (Å²) in [7, 11) is -3.60. The minimum Gasteiger partial charge on any atom is -0.345 e. The minimum absolute atomic E-state index is 0.0205. The van der Waals surface area contributed by atoms with Crippen molar-refractivity contribution in [2.45, 2.75) is 25.2 Å². The highest BCUT2D eigenvalue weighted by molar-refractivity contribution is 7.89. The van der Waals surface area contributed by atoms with E-state index in [1.165, 1.54) is 10.5 Å². The molecule has 2 aromatic rings. The van der Waals surface area contributed by atoms with Crippen LogP contribution in [0.2, 0.25) is 0 Å². The van der Waals surface area contributed by atoms with Gasteiger partial charge in [0.15, 0.2) is 0 Å². The van der Waals surface area contributed by atoms with E-state index in [2.05, 4.69) is 9.97 Å². The number of hydrogen-bond acceptors (Lipinski definition) is 4. The Bertz CT molecular complexity index is 838. The van der Waals surface area contributed by atoms with Crippen LogP contribution in [-0.2, 0) is 14.8 Å². The maximum atomic E-state index is 12.9. The van der Waals surface area contributed by atoms with E-state index in [1.54, 1.807) is 23.2 Å². The molecule has 24 heavy (non-hydrogen) atoms. The molecule has 1 atom stereocenters. The molecule has 0 bridgehead atoms. The van der Waals surface area contributed by atoms with Gasteiger partial charge in [-0.05, 0) is 18.6 Å². The Morgan fingerprint density at radius 1 is 1.33 bits per heavy atom. The summed E-state index contributed by atoms with van der Waals surface area (Å²) in [5.41, 5.74) is 0.557. The molecular weight excluding hydrogens is 328 g/mol. The molecule has 130 valence electrons. The number of aromatic amines is 1. The van der Waals surface area contributed by atoms with Gasteiger partial charge >= 0.3 is 0 Å². The highest BCUT2D eigenvalue weighted by Crippen LogP contribution is 2.25. The zero-order valence-corrected chi connectivity index (χ0v) is 14.7. The Balaban J connectivity index is 1.77. The number of amides is 1. The van der Waals surface area contributed by atoms with Crippen LogP contribution in [0.25, 0.3) is 11.0 Å². The number of rotatable bonds is 4. The fourth-order valence-electron chi connectivity index (χ4n) is 2.92. The van der Waals surface area contributed by atoms with Crippen molar-refractivity contribution in [1.82, 2.24) is 19.2 Å². The number of piperazine rings is 1. The van der Waals surface area contributed by atoms with E-state index in [0.717, 1.165) is 6.42 Å². The zero-order chi connectivity index (χ0) is 17.3. The Hall–Kier alpha value is -1.93. The van der Waals surface area contributed by atoms with E-state index in [1.807, 2.05) is 13.8 Å². The Labute approximate surface area is 141 Å². The number of fused-ring (bicyclic) bond motifs is 1. The lowest BCUT2D eigenvalue weighted by molar-refractivity contribution is -0.136. The van der Waals surface area contributed by atoms with Gasteiger partial charge in [0.1, 0.15) is 10.5 Å². The summed E-state index contributed by atoms with van der Waals surface area (Å²) >= 11 is 0. The van der Waals surface area contributed by atoms with Gasteiger partial charge in [0, 0.05) is 49.9 Å². The molecule has 0 unspecified atom stereocenters. The van der Waals surface area contributed by atoms with Crippen LogP contribution in [0.4, 0.5) is 0 Å². The number of hydrogen-bond donors (Lipinski definition) is 1. The highest BCUT2D eigenvalue weighted by Gasteiger charge is 2.32. The number of H-pyrrole nitrogens is 1. The quantitative estimate of drug-likeness (QED) is 0.904. The molecular formula is C16H22N4O3S. The Morgan fingerprint density at radius 3 is 2.71 bits per heavy atom. The molecule has 0 aromatic carbocycles. The third-order valence-corrected chi connectivity index (χ3v) is 6.55. The first-order valence-corrected chi connectivity index (χ1v) is 9.60. The summed E-state index contributed by atoms with van der Waals surface area (Å²) in [5, 5.41) is 0.593. The van der Waals surface area contributed by atoms with Crippen molar-refractivity contribution in [2.24, 2.45) is 5.92 Å². The van der Waals surface area contributed by atoms with Crippen LogP contribution in [0.5, 0.6) is 0 Å². The van der Waals surface area contributed by atoms with Crippen molar-refractivity contribution < 1.29 is 13.2 Å². The molecule has 1 aliphatic heterocycles. The molecule has 7 nitrogen and oxygen atoms in total. The van der Waals surface area contributed by atoms with Gasteiger partial charge in [0.05, 0.1) is 0 Å². The van der Waals surface area contributed by atoms with Crippen molar-refractivity contribution >= 4 is 27.0 Å². The van der Waals surface area contributed by atoms with E-state index >= 15 is 0 Å². The minimum atomic E-state index is -3.60. The van der Waals surface area contributed by atoms with E-state index in [-0.39, 0.29) is 16.7 Å². The third kappa shape index (κ3) is 2.91. The van der Waals surface area contributed by atoms with Gasteiger partial charge in [-0.15, -0.1) is 0 Å². The summed E-state index contributed by atoms with van der Waals surface area (Å²) < 4.78 is 27.3. The van der Waals surface area contributed by atoms with Crippen LogP contribution in [0.3, 0.4) is 0 Å². The van der Waals surface area contributed by atoms with E-state index in [4.69, 9.17) is 0 Å². The van der Waals surface area contributed by atoms with Crippen molar-refractivity contribution in [1.29, 1.82) is 0 Å². The first kappa shape index (κ1) is 16.9. The average molecular weight is 350 g/mol. The summed E-state index contributed by atoms with van der Waals surface area (Å²) in [4.78, 5) is 21.3.